The van der Waals surface area contributed by atoms with E-state index in [-0.39, 0.29) is 24.9 Å². The van der Waals surface area contributed by atoms with Crippen LogP contribution in [0.25, 0.3) is 0 Å². The van der Waals surface area contributed by atoms with Gasteiger partial charge in [-0.1, -0.05) is 256 Å². The van der Waals surface area contributed by atoms with Crippen molar-refractivity contribution < 1.29 is 24.5 Å². The van der Waals surface area contributed by atoms with Gasteiger partial charge in [-0.15, -0.1) is 0 Å². The lowest BCUT2D eigenvalue weighted by Crippen LogP contribution is -2.46. The number of hydrogen-bond acceptors (Lipinski definition) is 5. The third-order valence-electron chi connectivity index (χ3n) is 13.7. The summed E-state index contributed by atoms with van der Waals surface area (Å²) in [6.07, 6.45) is 66.4. The molecule has 0 aliphatic carbocycles. The highest BCUT2D eigenvalue weighted by atomic mass is 16.5. The number of rotatable bonds is 54. The SMILES string of the molecule is CCCCC/C=C\C/C=C\CCCCCCCCCC(=O)OC(CCCCC/C=C/CCCCCCCCC)CC(=O)NC(CO)C(O)CCCCCCCCCCCCCCCCCCC. The lowest BCUT2D eigenvalue weighted by atomic mass is 10.0. The Labute approximate surface area is 417 Å². The van der Waals surface area contributed by atoms with E-state index in [9.17, 15) is 19.8 Å². The summed E-state index contributed by atoms with van der Waals surface area (Å²) in [5, 5.41) is 23.9. The maximum absolute atomic E-state index is 13.3. The van der Waals surface area contributed by atoms with E-state index < -0.39 is 18.2 Å². The lowest BCUT2D eigenvalue weighted by molar-refractivity contribution is -0.151. The van der Waals surface area contributed by atoms with Crippen molar-refractivity contribution in [3.8, 4) is 0 Å². The number of carbonyl (C=O) groups excluding carboxylic acids is 2. The van der Waals surface area contributed by atoms with Crippen molar-refractivity contribution in [1.82, 2.24) is 5.32 Å². The number of esters is 1. The first-order chi connectivity index (χ1) is 33.0. The topological polar surface area (TPSA) is 95.9 Å². The van der Waals surface area contributed by atoms with Crippen molar-refractivity contribution in [3.05, 3.63) is 36.5 Å². The Kier molecular flexibility index (Phi) is 53.4. The van der Waals surface area contributed by atoms with Gasteiger partial charge in [0.25, 0.3) is 0 Å². The monoisotopic (exact) mass is 942 g/mol. The number of aliphatic hydroxyl groups is 2. The third kappa shape index (κ3) is 50.3. The van der Waals surface area contributed by atoms with Crippen LogP contribution in [0.15, 0.2) is 36.5 Å². The van der Waals surface area contributed by atoms with E-state index >= 15 is 0 Å². The van der Waals surface area contributed by atoms with Crippen molar-refractivity contribution in [3.63, 3.8) is 0 Å². The van der Waals surface area contributed by atoms with Crippen LogP contribution in [-0.4, -0.2) is 46.9 Å². The van der Waals surface area contributed by atoms with Crippen molar-refractivity contribution in [2.24, 2.45) is 0 Å². The second kappa shape index (κ2) is 55.0. The Balaban J connectivity index is 4.52. The van der Waals surface area contributed by atoms with E-state index in [1.165, 1.54) is 199 Å². The molecular weight excluding hydrogens is 827 g/mol. The Morgan fingerprint density at radius 1 is 0.433 bits per heavy atom. The molecule has 1 amide bonds. The van der Waals surface area contributed by atoms with Crippen LogP contribution in [0, 0.1) is 0 Å². The molecule has 3 atom stereocenters. The molecule has 0 aromatic rings. The number of allylic oxidation sites excluding steroid dienone is 6. The molecule has 0 aromatic heterocycles. The smallest absolute Gasteiger partial charge is 0.306 e. The molecule has 3 N–H and O–H groups in total. The van der Waals surface area contributed by atoms with Gasteiger partial charge in [0.15, 0.2) is 0 Å². The van der Waals surface area contributed by atoms with E-state index in [0.29, 0.717) is 19.3 Å². The van der Waals surface area contributed by atoms with Crippen LogP contribution < -0.4 is 5.32 Å². The Morgan fingerprint density at radius 2 is 0.761 bits per heavy atom. The minimum atomic E-state index is -0.792. The third-order valence-corrected chi connectivity index (χ3v) is 13.7. The molecule has 0 aliphatic heterocycles. The highest BCUT2D eigenvalue weighted by Crippen LogP contribution is 2.18. The van der Waals surface area contributed by atoms with Gasteiger partial charge in [0.2, 0.25) is 5.91 Å². The fourth-order valence-electron chi connectivity index (χ4n) is 9.16. The minimum absolute atomic E-state index is 0.0668. The fourth-order valence-corrected chi connectivity index (χ4v) is 9.16. The number of ether oxygens (including phenoxy) is 1. The van der Waals surface area contributed by atoms with Crippen LogP contribution in [-0.2, 0) is 14.3 Å². The summed E-state index contributed by atoms with van der Waals surface area (Å²) in [6, 6.07) is -0.707. The van der Waals surface area contributed by atoms with Crippen LogP contribution in [0.2, 0.25) is 0 Å². The average molecular weight is 943 g/mol. The number of amides is 1. The summed E-state index contributed by atoms with van der Waals surface area (Å²) < 4.78 is 5.96. The highest BCUT2D eigenvalue weighted by Gasteiger charge is 2.24. The van der Waals surface area contributed by atoms with Gasteiger partial charge < -0.3 is 20.3 Å². The summed E-state index contributed by atoms with van der Waals surface area (Å²) in [6.45, 7) is 6.49. The van der Waals surface area contributed by atoms with Crippen LogP contribution in [0.1, 0.15) is 316 Å². The number of unbranched alkanes of at least 4 members (excludes halogenated alkanes) is 36. The first kappa shape index (κ1) is 65.1. The molecule has 67 heavy (non-hydrogen) atoms. The summed E-state index contributed by atoms with van der Waals surface area (Å²) >= 11 is 0. The summed E-state index contributed by atoms with van der Waals surface area (Å²) in [5.74, 6) is -0.483. The van der Waals surface area contributed by atoms with Crippen LogP contribution in [0.5, 0.6) is 0 Å². The highest BCUT2D eigenvalue weighted by molar-refractivity contribution is 5.77. The molecule has 6 heteroatoms. The van der Waals surface area contributed by atoms with E-state index in [0.717, 1.165) is 70.6 Å². The molecule has 0 aliphatic rings. The fraction of sp³-hybridized carbons (Fsp3) is 0.869. The predicted octanol–water partition coefficient (Wildman–Crippen LogP) is 18.4. The summed E-state index contributed by atoms with van der Waals surface area (Å²) in [4.78, 5) is 26.3. The summed E-state index contributed by atoms with van der Waals surface area (Å²) in [5.41, 5.74) is 0. The zero-order chi connectivity index (χ0) is 48.8. The van der Waals surface area contributed by atoms with Gasteiger partial charge in [-0.05, 0) is 83.5 Å². The molecule has 0 heterocycles. The predicted molar refractivity (Wildman–Crippen MR) is 292 cm³/mol. The van der Waals surface area contributed by atoms with Crippen LogP contribution in [0.4, 0.5) is 0 Å². The second-order valence-corrected chi connectivity index (χ2v) is 20.4. The van der Waals surface area contributed by atoms with Crippen molar-refractivity contribution in [2.45, 2.75) is 334 Å². The van der Waals surface area contributed by atoms with Crippen molar-refractivity contribution in [2.75, 3.05) is 6.61 Å². The van der Waals surface area contributed by atoms with Gasteiger partial charge in [0.05, 0.1) is 25.2 Å². The summed E-state index contributed by atoms with van der Waals surface area (Å²) in [7, 11) is 0. The molecule has 0 rings (SSSR count). The lowest BCUT2D eigenvalue weighted by Gasteiger charge is -2.24. The molecule has 0 fully saturated rings. The Hall–Kier alpha value is -1.92. The van der Waals surface area contributed by atoms with Gasteiger partial charge in [-0.3, -0.25) is 9.59 Å². The average Bonchev–Trinajstić information content (AvgIpc) is 3.32. The normalized spacial score (nSPS) is 13.3. The van der Waals surface area contributed by atoms with E-state index in [2.05, 4.69) is 62.5 Å². The maximum atomic E-state index is 13.3. The molecule has 0 bridgehead atoms. The number of nitrogens with one attached hydrogen (secondary N) is 1. The largest absolute Gasteiger partial charge is 0.462 e. The number of aliphatic hydroxyl groups excluding tert-OH is 2. The Morgan fingerprint density at radius 3 is 1.19 bits per heavy atom. The van der Waals surface area contributed by atoms with Gasteiger partial charge in [-0.25, -0.2) is 0 Å². The van der Waals surface area contributed by atoms with Gasteiger partial charge in [0, 0.05) is 6.42 Å². The molecule has 3 unspecified atom stereocenters. The zero-order valence-corrected chi connectivity index (χ0v) is 45.0. The molecular formula is C61H115NO5. The molecule has 6 nitrogen and oxygen atoms in total. The van der Waals surface area contributed by atoms with Crippen molar-refractivity contribution in [1.29, 1.82) is 0 Å². The standard InChI is InChI=1S/C61H115NO5/c1-4-7-10-13-16-19-22-25-28-30-32-35-38-41-44-47-50-53-59(64)58(56-63)62-60(65)55-57(52-49-46-43-40-37-34-27-24-21-18-15-12-9-6-3)67-61(66)54-51-48-45-42-39-36-33-31-29-26-23-20-17-14-11-8-5-2/h17,20,26,29,34,37,57-59,63-64H,4-16,18-19,21-25,27-28,30-33,35-36,38-56H2,1-3H3,(H,62,65)/b20-17-,29-26-,37-34+. The van der Waals surface area contributed by atoms with Gasteiger partial charge >= 0.3 is 5.97 Å². The second-order valence-electron chi connectivity index (χ2n) is 20.4. The van der Waals surface area contributed by atoms with Gasteiger partial charge in [-0.2, -0.15) is 0 Å². The molecule has 0 aromatic carbocycles. The molecule has 394 valence electrons. The van der Waals surface area contributed by atoms with Crippen molar-refractivity contribution >= 4 is 11.9 Å². The van der Waals surface area contributed by atoms with Crippen LogP contribution in [0.3, 0.4) is 0 Å². The number of hydrogen-bond donors (Lipinski definition) is 3. The molecule has 0 spiro atoms. The quantitative estimate of drug-likeness (QED) is 0.0321. The minimum Gasteiger partial charge on any atom is -0.462 e. The van der Waals surface area contributed by atoms with E-state index in [1.54, 1.807) is 0 Å². The van der Waals surface area contributed by atoms with Gasteiger partial charge in [0.1, 0.15) is 6.10 Å². The first-order valence-electron chi connectivity index (χ1n) is 29.7. The molecule has 0 radical (unpaired) electrons. The van der Waals surface area contributed by atoms with E-state index in [1.807, 2.05) is 0 Å². The van der Waals surface area contributed by atoms with E-state index in [4.69, 9.17) is 4.74 Å². The first-order valence-corrected chi connectivity index (χ1v) is 29.7. The van der Waals surface area contributed by atoms with Crippen LogP contribution >= 0.6 is 0 Å². The Bertz CT molecular complexity index is 1100. The molecule has 0 saturated heterocycles. The number of carbonyl (C=O) groups is 2. The zero-order valence-electron chi connectivity index (χ0n) is 45.0. The maximum Gasteiger partial charge on any atom is 0.306 e. The molecule has 0 saturated carbocycles.